The average molecular weight is 708 g/mol. The molecule has 0 aliphatic rings. The van der Waals surface area contributed by atoms with Gasteiger partial charge in [-0.15, -0.1) is 0 Å². The number of rotatable bonds is 7. The van der Waals surface area contributed by atoms with Crippen molar-refractivity contribution in [3.8, 4) is 44.5 Å². The first-order valence-corrected chi connectivity index (χ1v) is 17.0. The minimum absolute atomic E-state index is 0.207. The van der Waals surface area contributed by atoms with Gasteiger partial charge in [0.25, 0.3) is 0 Å². The van der Waals surface area contributed by atoms with Crippen LogP contribution in [-0.4, -0.2) is 0 Å². The van der Waals surface area contributed by atoms with E-state index < -0.39 is 137 Å². The van der Waals surface area contributed by atoms with Gasteiger partial charge in [-0.1, -0.05) is 157 Å². The van der Waals surface area contributed by atoms with Crippen molar-refractivity contribution >= 4 is 49.8 Å². The van der Waals surface area contributed by atoms with Crippen LogP contribution in [0.15, 0.2) is 216 Å². The first-order chi connectivity index (χ1) is 34.3. The number of furan rings is 1. The summed E-state index contributed by atoms with van der Waals surface area (Å²) >= 11 is 0. The van der Waals surface area contributed by atoms with E-state index in [2.05, 4.69) is 6.07 Å². The van der Waals surface area contributed by atoms with Gasteiger partial charge in [0.2, 0.25) is 0 Å². The zero-order valence-corrected chi connectivity index (χ0v) is 28.2. The molecule has 1 aromatic heterocycles. The van der Waals surface area contributed by atoms with Gasteiger partial charge in [-0.3, -0.25) is 0 Å². The van der Waals surface area contributed by atoms with Crippen LogP contribution in [0.3, 0.4) is 0 Å². The van der Waals surface area contributed by atoms with Crippen molar-refractivity contribution in [2.45, 2.75) is 0 Å². The highest BCUT2D eigenvalue weighted by atomic mass is 16.3. The van der Waals surface area contributed by atoms with Crippen LogP contribution in [-0.2, 0) is 0 Å². The molecule has 2 nitrogen and oxygen atoms in total. The third-order valence-corrected chi connectivity index (χ3v) is 9.18. The van der Waals surface area contributed by atoms with Crippen molar-refractivity contribution in [3.05, 3.63) is 212 Å². The lowest BCUT2D eigenvalue weighted by Crippen LogP contribution is -2.09. The Balaban J connectivity index is 1.26. The predicted octanol–water partition coefficient (Wildman–Crippen LogP) is 14.9. The highest BCUT2D eigenvalue weighted by molar-refractivity contribution is 6.22. The highest BCUT2D eigenvalue weighted by Gasteiger charge is 2.19. The van der Waals surface area contributed by atoms with Crippen molar-refractivity contribution in [1.82, 2.24) is 0 Å². The van der Waals surface area contributed by atoms with Crippen LogP contribution < -0.4 is 4.90 Å². The van der Waals surface area contributed by atoms with Crippen molar-refractivity contribution < 1.29 is 29.1 Å². The number of benzene rings is 9. The second kappa shape index (κ2) is 13.4. The minimum Gasteiger partial charge on any atom is -0.455 e. The van der Waals surface area contributed by atoms with Gasteiger partial charge in [-0.05, 0) is 104 Å². The van der Waals surface area contributed by atoms with Crippen molar-refractivity contribution in [2.24, 2.45) is 0 Å². The first-order valence-electron chi connectivity index (χ1n) is 26.0. The molecular weight excluding hydrogens is 655 g/mol. The Morgan fingerprint density at radius 3 is 1.69 bits per heavy atom. The Hall–Kier alpha value is -7.16. The second-order valence-electron chi connectivity index (χ2n) is 12.3. The molecule has 0 aliphatic carbocycles. The molecule has 0 atom stereocenters. The quantitative estimate of drug-likeness (QED) is 0.164. The van der Waals surface area contributed by atoms with E-state index in [4.69, 9.17) is 20.9 Å². The molecule has 0 N–H and O–H groups in total. The molecule has 0 radical (unpaired) electrons. The lowest BCUT2D eigenvalue weighted by atomic mass is 9.92. The van der Waals surface area contributed by atoms with Crippen LogP contribution in [0.1, 0.15) is 24.7 Å². The molecule has 0 aliphatic heterocycles. The average Bonchev–Trinajstić information content (AvgIpc) is 3.78. The summed E-state index contributed by atoms with van der Waals surface area (Å²) < 4.78 is 167. The van der Waals surface area contributed by atoms with E-state index in [1.165, 1.54) is 0 Å². The van der Waals surface area contributed by atoms with Crippen LogP contribution in [0.25, 0.3) is 77.2 Å². The Labute approximate surface area is 340 Å². The number of hydrogen-bond acceptors (Lipinski definition) is 2. The first kappa shape index (κ1) is 18.1. The summed E-state index contributed by atoms with van der Waals surface area (Å²) in [4.78, 5) is 0.581. The molecule has 0 saturated heterocycles. The largest absolute Gasteiger partial charge is 0.455 e. The van der Waals surface area contributed by atoms with Gasteiger partial charge < -0.3 is 9.32 Å². The monoisotopic (exact) mass is 707 g/mol. The molecule has 0 fully saturated rings. The van der Waals surface area contributed by atoms with Gasteiger partial charge >= 0.3 is 0 Å². The maximum atomic E-state index is 9.69. The van der Waals surface area contributed by atoms with Gasteiger partial charge in [0.15, 0.2) is 0 Å². The van der Waals surface area contributed by atoms with Gasteiger partial charge in [-0.25, -0.2) is 0 Å². The third kappa shape index (κ3) is 5.62. The van der Waals surface area contributed by atoms with Crippen molar-refractivity contribution in [3.63, 3.8) is 0 Å². The number of anilines is 3. The molecule has 10 aromatic rings. The van der Waals surface area contributed by atoms with Crippen molar-refractivity contribution in [1.29, 1.82) is 0 Å². The smallest absolute Gasteiger partial charge is 0.143 e. The summed E-state index contributed by atoms with van der Waals surface area (Å²) in [7, 11) is 0. The summed E-state index contributed by atoms with van der Waals surface area (Å²) in [6.45, 7) is 0. The minimum atomic E-state index is -1.03. The topological polar surface area (TPSA) is 16.4 Å². The number of hydrogen-bond donors (Lipinski definition) is 0. The van der Waals surface area contributed by atoms with E-state index in [1.807, 2.05) is 66.7 Å². The van der Waals surface area contributed by atoms with Gasteiger partial charge in [0.1, 0.15) is 11.2 Å². The molecule has 9 aromatic carbocycles. The zero-order valence-electron chi connectivity index (χ0n) is 46.2. The number of nitrogens with zero attached hydrogens (tertiary/aromatic N) is 1. The molecular formula is C52H35NO. The Kier molecular flexibility index (Phi) is 4.49. The van der Waals surface area contributed by atoms with Crippen LogP contribution in [0.2, 0.25) is 0 Å². The molecule has 0 unspecified atom stereocenters. The van der Waals surface area contributed by atoms with Crippen molar-refractivity contribution in [2.75, 3.05) is 4.90 Å². The van der Waals surface area contributed by atoms with Crippen LogP contribution in [0.5, 0.6) is 0 Å². The number of fused-ring (bicyclic) bond motifs is 5. The Morgan fingerprint density at radius 1 is 0.370 bits per heavy atom. The standard InChI is InChI=1S/C52H35NO/c1-4-14-36(15-5-1)38-26-30-43(31-27-38)53(42-20-8-3-9-21-42)44-32-28-39(29-33-44)48-35-49-51-45(41-19-12-18-40(34-41)37-16-6-2-7-17-37)24-13-25-50(51)54-52(49)47-23-11-10-22-46(47)48/h1-35H/i1D,3D,4D,5D,8D,9D,14D,15D,20D,21D,26D,27D,28D,29D,30D,31D,32D,33D. The van der Waals surface area contributed by atoms with E-state index in [1.54, 1.807) is 30.3 Å². The lowest BCUT2D eigenvalue weighted by Gasteiger charge is -2.26. The molecule has 1 heterocycles. The maximum absolute atomic E-state index is 9.69. The molecule has 10 rings (SSSR count). The maximum Gasteiger partial charge on any atom is 0.143 e. The van der Waals surface area contributed by atoms with E-state index in [0.717, 1.165) is 22.3 Å². The highest BCUT2D eigenvalue weighted by Crippen LogP contribution is 2.44. The zero-order chi connectivity index (χ0) is 51.5. The summed E-state index contributed by atoms with van der Waals surface area (Å²) in [5.41, 5.74) is 0.827. The summed E-state index contributed by atoms with van der Waals surface area (Å²) in [6, 6.07) is 16.6. The fraction of sp³-hybridized carbons (Fsp3) is 0. The Bertz CT molecular complexity index is 3870. The van der Waals surface area contributed by atoms with E-state index >= 15 is 0 Å². The van der Waals surface area contributed by atoms with Crippen LogP contribution in [0.4, 0.5) is 17.1 Å². The molecule has 254 valence electrons. The molecule has 54 heavy (non-hydrogen) atoms. The second-order valence-corrected chi connectivity index (χ2v) is 12.3. The Morgan fingerprint density at radius 2 is 0.944 bits per heavy atom. The summed E-state index contributed by atoms with van der Waals surface area (Å²) in [5.74, 6) is 0. The van der Waals surface area contributed by atoms with Gasteiger partial charge in [-0.2, -0.15) is 0 Å². The molecule has 0 spiro atoms. The van der Waals surface area contributed by atoms with E-state index in [9.17, 15) is 8.22 Å². The van der Waals surface area contributed by atoms with Crippen LogP contribution in [0, 0.1) is 0 Å². The summed E-state index contributed by atoms with van der Waals surface area (Å²) in [5, 5.41) is 2.36. The van der Waals surface area contributed by atoms with E-state index in [0.29, 0.717) is 37.6 Å². The lowest BCUT2D eigenvalue weighted by molar-refractivity contribution is 0.673. The molecule has 2 heteroatoms. The van der Waals surface area contributed by atoms with Gasteiger partial charge in [0.05, 0.1) is 24.7 Å². The predicted molar refractivity (Wildman–Crippen MR) is 228 cm³/mol. The van der Waals surface area contributed by atoms with Crippen LogP contribution >= 0.6 is 0 Å². The van der Waals surface area contributed by atoms with Gasteiger partial charge in [0, 0.05) is 33.2 Å². The molecule has 0 bridgehead atoms. The normalized spacial score (nSPS) is 16.0. The SMILES string of the molecule is [2H]c1c([2H])c([2H])c(-c2c([2H])c([2H])c(N(c3c([2H])c([2H])c([2H])c([2H])c3[2H])c3c([2H])c([2H])c(-c4cc5c(oc6cccc(-c7cccc(-c8ccccc8)c7)c65)c5ccccc45)c([2H])c3[2H])c([2H])c2[2H])c([2H])c1[2H]. The fourth-order valence-corrected chi connectivity index (χ4v) is 6.75. The third-order valence-electron chi connectivity index (χ3n) is 9.18. The summed E-state index contributed by atoms with van der Waals surface area (Å²) in [6.07, 6.45) is 0. The van der Waals surface area contributed by atoms with E-state index in [-0.39, 0.29) is 11.1 Å². The number of para-hydroxylation sites is 1. The molecule has 0 amide bonds. The fourth-order valence-electron chi connectivity index (χ4n) is 6.75. The molecule has 0 saturated carbocycles.